The monoisotopic (exact) mass is 151 g/mol. The highest BCUT2D eigenvalue weighted by molar-refractivity contribution is 6.93. The number of rotatable bonds is 4. The van der Waals surface area contributed by atoms with Gasteiger partial charge in [-0.1, -0.05) is 30.6 Å². The van der Waals surface area contributed by atoms with E-state index in [2.05, 4.69) is 31.6 Å². The van der Waals surface area contributed by atoms with Crippen molar-refractivity contribution in [3.63, 3.8) is 0 Å². The molecule has 0 saturated heterocycles. The molecule has 0 aromatic heterocycles. The van der Waals surface area contributed by atoms with Gasteiger partial charge in [-0.2, -0.15) is 0 Å². The Hall–Kier alpha value is -0.260. The van der Waals surface area contributed by atoms with Crippen LogP contribution >= 0.6 is 0 Å². The van der Waals surface area contributed by atoms with Crippen LogP contribution < -0.4 is 0 Å². The van der Waals surface area contributed by atoms with E-state index in [-0.39, 0.29) is 8.41 Å². The fourth-order valence-corrected chi connectivity index (χ4v) is 1.21. The van der Waals surface area contributed by atoms with Gasteiger partial charge in [0.15, 0.2) is 0 Å². The summed E-state index contributed by atoms with van der Waals surface area (Å²) in [5, 5.41) is 0. The Kier molecular flexibility index (Phi) is 7.23. The van der Waals surface area contributed by atoms with Crippen LogP contribution in [0.4, 0.5) is 0 Å². The average Bonchev–Trinajstić information content (AvgIpc) is 2.07. The Morgan fingerprint density at radius 1 is 1.42 bits per heavy atom. The molecule has 0 aromatic rings. The quantitative estimate of drug-likeness (QED) is 0.415. The van der Waals surface area contributed by atoms with Crippen LogP contribution in [-0.4, -0.2) is 30.6 Å². The van der Waals surface area contributed by atoms with Crippen LogP contribution in [0.15, 0.2) is 24.3 Å². The lowest BCUT2D eigenvalue weighted by molar-refractivity contribution is 0.731. The molecule has 55 valence electrons. The Bertz CT molecular complexity index is 153. The molecule has 0 amide bonds. The van der Waals surface area contributed by atoms with Crippen molar-refractivity contribution >= 4 is 30.6 Å². The van der Waals surface area contributed by atoms with Gasteiger partial charge in [0.05, 0.1) is 0 Å². The first-order valence-electron chi connectivity index (χ1n) is 4.12. The number of hydrogen-bond acceptors (Lipinski definition) is 0. The van der Waals surface area contributed by atoms with Gasteiger partial charge in [0.1, 0.15) is 7.28 Å². The summed E-state index contributed by atoms with van der Waals surface area (Å²) in [7, 11) is 9.18. The SMILES string of the molecule is [B].[B][B]C[B]CC1C=CC=CC1. The molecule has 0 aromatic carbocycles. The molecule has 0 heterocycles. The third kappa shape index (κ3) is 4.58. The molecule has 1 unspecified atom stereocenters. The Morgan fingerprint density at radius 2 is 2.25 bits per heavy atom. The molecule has 0 fully saturated rings. The standard InChI is InChI=1S/C8H11B3.B/c9-11-7-10-6-8-4-2-1-3-5-8;/h1-4,8H,5-7H2;. The first-order chi connectivity index (χ1) is 5.43. The highest BCUT2D eigenvalue weighted by atomic mass is 14.0. The molecular formula is C8H11B4. The van der Waals surface area contributed by atoms with Gasteiger partial charge < -0.3 is 0 Å². The molecule has 0 bridgehead atoms. The largest absolute Gasteiger partial charge is 0.115 e. The van der Waals surface area contributed by atoms with Crippen LogP contribution in [0.2, 0.25) is 12.5 Å². The summed E-state index contributed by atoms with van der Waals surface area (Å²) in [5.41, 5.74) is 0. The highest BCUT2D eigenvalue weighted by Crippen LogP contribution is 2.15. The second kappa shape index (κ2) is 7.39. The van der Waals surface area contributed by atoms with E-state index in [1.54, 1.807) is 7.17 Å². The highest BCUT2D eigenvalue weighted by Gasteiger charge is 2.03. The summed E-state index contributed by atoms with van der Waals surface area (Å²) >= 11 is 0. The van der Waals surface area contributed by atoms with E-state index in [9.17, 15) is 0 Å². The molecule has 0 saturated carbocycles. The third-order valence-electron chi connectivity index (χ3n) is 1.84. The van der Waals surface area contributed by atoms with Gasteiger partial charge in [0.25, 0.3) is 0 Å². The fourth-order valence-electron chi connectivity index (χ4n) is 1.21. The molecule has 1 aliphatic rings. The van der Waals surface area contributed by atoms with Crippen LogP contribution in [0, 0.1) is 5.92 Å². The molecule has 7 radical (unpaired) electrons. The zero-order valence-corrected chi connectivity index (χ0v) is 7.32. The molecule has 0 N–H and O–H groups in total. The van der Waals surface area contributed by atoms with Crippen LogP contribution in [0.5, 0.6) is 0 Å². The molecule has 4 heteroatoms. The zero-order valence-electron chi connectivity index (χ0n) is 7.32. The van der Waals surface area contributed by atoms with Crippen LogP contribution in [0.3, 0.4) is 0 Å². The number of allylic oxidation sites excluding steroid dienone is 4. The Morgan fingerprint density at radius 3 is 2.83 bits per heavy atom. The molecule has 0 nitrogen and oxygen atoms in total. The molecule has 0 aliphatic heterocycles. The van der Waals surface area contributed by atoms with E-state index in [1.165, 1.54) is 6.42 Å². The average molecular weight is 150 g/mol. The first kappa shape index (κ1) is 11.7. The topological polar surface area (TPSA) is 0 Å². The maximum atomic E-state index is 5.26. The van der Waals surface area contributed by atoms with Gasteiger partial charge in [-0.3, -0.25) is 0 Å². The van der Waals surface area contributed by atoms with Crippen molar-refractivity contribution in [2.24, 2.45) is 5.92 Å². The smallest absolute Gasteiger partial charge is 0.100 e. The van der Waals surface area contributed by atoms with Gasteiger partial charge in [0, 0.05) is 23.3 Å². The molecule has 1 atom stereocenters. The van der Waals surface area contributed by atoms with Gasteiger partial charge in [-0.25, -0.2) is 0 Å². The lowest BCUT2D eigenvalue weighted by atomic mass is 9.42. The number of hydrogen-bond donors (Lipinski definition) is 0. The lowest BCUT2D eigenvalue weighted by Gasteiger charge is -2.10. The van der Waals surface area contributed by atoms with Gasteiger partial charge >= 0.3 is 0 Å². The summed E-state index contributed by atoms with van der Waals surface area (Å²) in [6.07, 6.45) is 11.9. The Labute approximate surface area is 80.3 Å². The minimum absolute atomic E-state index is 0. The van der Waals surface area contributed by atoms with Crippen LogP contribution in [-0.2, 0) is 0 Å². The van der Waals surface area contributed by atoms with Crippen molar-refractivity contribution in [2.45, 2.75) is 19.0 Å². The summed E-state index contributed by atoms with van der Waals surface area (Å²) < 4.78 is 0. The first-order valence-corrected chi connectivity index (χ1v) is 4.12. The minimum Gasteiger partial charge on any atom is -0.115 e. The zero-order chi connectivity index (χ0) is 7.94. The van der Waals surface area contributed by atoms with Crippen molar-refractivity contribution in [1.29, 1.82) is 0 Å². The minimum atomic E-state index is 0. The molecular weight excluding hydrogens is 139 g/mol. The molecule has 1 aliphatic carbocycles. The van der Waals surface area contributed by atoms with E-state index in [0.29, 0.717) is 5.92 Å². The van der Waals surface area contributed by atoms with Crippen LogP contribution in [0.25, 0.3) is 0 Å². The van der Waals surface area contributed by atoms with Gasteiger partial charge in [-0.05, 0) is 12.3 Å². The van der Waals surface area contributed by atoms with E-state index in [4.69, 9.17) is 7.74 Å². The maximum absolute atomic E-state index is 5.26. The second-order valence-electron chi connectivity index (χ2n) is 2.80. The summed E-state index contributed by atoms with van der Waals surface area (Å²) in [6.45, 7) is 0. The molecule has 0 spiro atoms. The van der Waals surface area contributed by atoms with Gasteiger partial charge in [-0.15, -0.1) is 6.22 Å². The molecule has 1 rings (SSSR count). The normalized spacial score (nSPS) is 19.8. The van der Waals surface area contributed by atoms with Crippen molar-refractivity contribution < 1.29 is 0 Å². The lowest BCUT2D eigenvalue weighted by Crippen LogP contribution is -2.04. The van der Waals surface area contributed by atoms with Crippen molar-refractivity contribution in [1.82, 2.24) is 0 Å². The third-order valence-corrected chi connectivity index (χ3v) is 1.84. The van der Waals surface area contributed by atoms with Crippen molar-refractivity contribution in [3.05, 3.63) is 24.3 Å². The summed E-state index contributed by atoms with van der Waals surface area (Å²) in [6, 6.07) is 0. The summed E-state index contributed by atoms with van der Waals surface area (Å²) in [4.78, 5) is 0. The summed E-state index contributed by atoms with van der Waals surface area (Å²) in [5.74, 6) is 0.708. The van der Waals surface area contributed by atoms with E-state index >= 15 is 0 Å². The predicted molar refractivity (Wildman–Crippen MR) is 59.0 cm³/mol. The van der Waals surface area contributed by atoms with E-state index < -0.39 is 0 Å². The van der Waals surface area contributed by atoms with E-state index in [1.807, 2.05) is 0 Å². The fraction of sp³-hybridized carbons (Fsp3) is 0.500. The van der Waals surface area contributed by atoms with Crippen molar-refractivity contribution in [2.75, 3.05) is 0 Å². The van der Waals surface area contributed by atoms with Crippen LogP contribution in [0.1, 0.15) is 6.42 Å². The van der Waals surface area contributed by atoms with E-state index in [0.717, 1.165) is 12.5 Å². The second-order valence-corrected chi connectivity index (χ2v) is 2.80. The predicted octanol–water partition coefficient (Wildman–Crippen LogP) is 1.02. The Balaban J connectivity index is 0.00000121. The van der Waals surface area contributed by atoms with Gasteiger partial charge in [0.2, 0.25) is 0 Å². The van der Waals surface area contributed by atoms with Crippen molar-refractivity contribution in [3.8, 4) is 0 Å². The maximum Gasteiger partial charge on any atom is 0.100 e. The molecule has 12 heavy (non-hydrogen) atoms.